The van der Waals surface area contributed by atoms with Crippen molar-refractivity contribution in [1.29, 1.82) is 0 Å². The predicted molar refractivity (Wildman–Crippen MR) is 65.5 cm³/mol. The van der Waals surface area contributed by atoms with Crippen LogP contribution < -0.4 is 4.74 Å². The molecule has 0 unspecified atom stereocenters. The Morgan fingerprint density at radius 2 is 2.11 bits per heavy atom. The number of pyridine rings is 1. The molecule has 0 fully saturated rings. The number of hydrogen-bond donors (Lipinski definition) is 0. The van der Waals surface area contributed by atoms with Gasteiger partial charge in [0.1, 0.15) is 0 Å². The van der Waals surface area contributed by atoms with E-state index in [0.29, 0.717) is 5.56 Å². The number of aryl methyl sites for hydroxylation is 1. The molecule has 0 aliphatic rings. The number of carbonyl (C=O) groups excluding carboxylic acids is 1. The zero-order valence-electron chi connectivity index (χ0n) is 10.1. The Balaban J connectivity index is 2.40. The van der Waals surface area contributed by atoms with Gasteiger partial charge in [-0.25, -0.2) is 9.37 Å². The molecule has 2 rings (SSSR count). The summed E-state index contributed by atoms with van der Waals surface area (Å²) < 4.78 is 18.9. The van der Waals surface area contributed by atoms with E-state index in [1.807, 2.05) is 6.92 Å². The number of aromatic nitrogens is 1. The minimum absolute atomic E-state index is 0.0659. The molecule has 0 saturated heterocycles. The van der Waals surface area contributed by atoms with Gasteiger partial charge in [0, 0.05) is 6.20 Å². The Kier molecular flexibility index (Phi) is 3.37. The third-order valence-electron chi connectivity index (χ3n) is 2.44. The number of benzene rings is 1. The van der Waals surface area contributed by atoms with E-state index in [0.717, 1.165) is 5.56 Å². The SMILES string of the molecule is CC(=O)c1cccnc1Oc1cc(C)ccc1F. The maximum atomic E-state index is 13.6. The Hall–Kier alpha value is -2.23. The number of Topliss-reactive ketones (excluding diaryl/α,β-unsaturated/α-hetero) is 1. The van der Waals surface area contributed by atoms with Crippen LogP contribution in [0.2, 0.25) is 0 Å². The number of hydrogen-bond acceptors (Lipinski definition) is 3. The van der Waals surface area contributed by atoms with Gasteiger partial charge in [-0.15, -0.1) is 0 Å². The summed E-state index contributed by atoms with van der Waals surface area (Å²) in [5.74, 6) is -0.474. The summed E-state index contributed by atoms with van der Waals surface area (Å²) in [6, 6.07) is 7.76. The fourth-order valence-electron chi connectivity index (χ4n) is 1.53. The number of rotatable bonds is 3. The fourth-order valence-corrected chi connectivity index (χ4v) is 1.53. The van der Waals surface area contributed by atoms with Crippen molar-refractivity contribution in [2.24, 2.45) is 0 Å². The van der Waals surface area contributed by atoms with E-state index >= 15 is 0 Å². The first kappa shape index (κ1) is 12.2. The van der Waals surface area contributed by atoms with Crippen molar-refractivity contribution in [3.05, 3.63) is 53.5 Å². The van der Waals surface area contributed by atoms with Crippen LogP contribution in [0.4, 0.5) is 4.39 Å². The highest BCUT2D eigenvalue weighted by Crippen LogP contribution is 2.26. The van der Waals surface area contributed by atoms with Crippen LogP contribution in [0, 0.1) is 12.7 Å². The summed E-state index contributed by atoms with van der Waals surface area (Å²) >= 11 is 0. The summed E-state index contributed by atoms with van der Waals surface area (Å²) in [6.45, 7) is 3.24. The van der Waals surface area contributed by atoms with Gasteiger partial charge in [-0.3, -0.25) is 4.79 Å². The molecular formula is C14H12FNO2. The summed E-state index contributed by atoms with van der Waals surface area (Å²) in [4.78, 5) is 15.4. The van der Waals surface area contributed by atoms with E-state index < -0.39 is 5.82 Å². The standard InChI is InChI=1S/C14H12FNO2/c1-9-5-6-12(15)13(8-9)18-14-11(10(2)17)4-3-7-16-14/h3-8H,1-2H3. The average molecular weight is 245 g/mol. The van der Waals surface area contributed by atoms with Gasteiger partial charge in [-0.05, 0) is 43.7 Å². The predicted octanol–water partition coefficient (Wildman–Crippen LogP) is 3.52. The molecule has 0 aliphatic carbocycles. The number of carbonyl (C=O) groups is 1. The summed E-state index contributed by atoms with van der Waals surface area (Å²) in [7, 11) is 0. The van der Waals surface area contributed by atoms with Gasteiger partial charge in [-0.2, -0.15) is 0 Å². The number of ketones is 1. The van der Waals surface area contributed by atoms with Crippen LogP contribution in [0.15, 0.2) is 36.5 Å². The molecule has 0 saturated carbocycles. The Bertz CT molecular complexity index is 596. The highest BCUT2D eigenvalue weighted by atomic mass is 19.1. The molecule has 0 atom stereocenters. The van der Waals surface area contributed by atoms with Crippen molar-refractivity contribution >= 4 is 5.78 Å². The molecule has 1 aromatic heterocycles. The molecule has 0 N–H and O–H groups in total. The molecule has 18 heavy (non-hydrogen) atoms. The van der Waals surface area contributed by atoms with Crippen molar-refractivity contribution in [1.82, 2.24) is 4.98 Å². The average Bonchev–Trinajstić information content (AvgIpc) is 2.34. The Morgan fingerprint density at radius 1 is 1.33 bits per heavy atom. The van der Waals surface area contributed by atoms with Crippen LogP contribution >= 0.6 is 0 Å². The van der Waals surface area contributed by atoms with Gasteiger partial charge >= 0.3 is 0 Å². The minimum atomic E-state index is -0.485. The van der Waals surface area contributed by atoms with E-state index in [4.69, 9.17) is 4.74 Å². The van der Waals surface area contributed by atoms with Crippen LogP contribution in [0.3, 0.4) is 0 Å². The molecule has 1 aromatic carbocycles. The maximum Gasteiger partial charge on any atom is 0.230 e. The van der Waals surface area contributed by atoms with Crippen LogP contribution in [-0.2, 0) is 0 Å². The molecule has 0 bridgehead atoms. The molecule has 92 valence electrons. The number of ether oxygens (including phenoxy) is 1. The molecular weight excluding hydrogens is 233 g/mol. The van der Waals surface area contributed by atoms with Gasteiger partial charge in [0.2, 0.25) is 5.88 Å². The van der Waals surface area contributed by atoms with E-state index in [-0.39, 0.29) is 17.4 Å². The van der Waals surface area contributed by atoms with Gasteiger partial charge in [-0.1, -0.05) is 6.07 Å². The lowest BCUT2D eigenvalue weighted by Crippen LogP contribution is -2.00. The van der Waals surface area contributed by atoms with Crippen LogP contribution in [0.1, 0.15) is 22.8 Å². The third-order valence-corrected chi connectivity index (χ3v) is 2.44. The molecule has 0 spiro atoms. The first-order valence-corrected chi connectivity index (χ1v) is 5.48. The maximum absolute atomic E-state index is 13.6. The second-order valence-electron chi connectivity index (χ2n) is 3.95. The largest absolute Gasteiger partial charge is 0.435 e. The topological polar surface area (TPSA) is 39.2 Å². The lowest BCUT2D eigenvalue weighted by molar-refractivity contribution is 0.101. The first-order chi connectivity index (χ1) is 8.58. The van der Waals surface area contributed by atoms with Crippen LogP contribution in [-0.4, -0.2) is 10.8 Å². The van der Waals surface area contributed by atoms with Gasteiger partial charge in [0.15, 0.2) is 17.3 Å². The molecule has 3 nitrogen and oxygen atoms in total. The van der Waals surface area contributed by atoms with Gasteiger partial charge in [0.05, 0.1) is 5.56 Å². The summed E-state index contributed by atoms with van der Waals surface area (Å²) in [5.41, 5.74) is 1.20. The van der Waals surface area contributed by atoms with E-state index in [1.165, 1.54) is 19.2 Å². The summed E-state index contributed by atoms with van der Waals surface area (Å²) in [5, 5.41) is 0. The minimum Gasteiger partial charge on any atom is -0.435 e. The zero-order valence-corrected chi connectivity index (χ0v) is 10.1. The van der Waals surface area contributed by atoms with Gasteiger partial charge < -0.3 is 4.74 Å². The van der Waals surface area contributed by atoms with Crippen LogP contribution in [0.5, 0.6) is 11.6 Å². The molecule has 2 aromatic rings. The molecule has 0 amide bonds. The Labute approximate surface area is 104 Å². The van der Waals surface area contributed by atoms with Crippen molar-refractivity contribution in [3.8, 4) is 11.6 Å². The molecule has 1 heterocycles. The zero-order chi connectivity index (χ0) is 13.1. The van der Waals surface area contributed by atoms with E-state index in [2.05, 4.69) is 4.98 Å². The number of nitrogens with zero attached hydrogens (tertiary/aromatic N) is 1. The second kappa shape index (κ2) is 4.96. The highest BCUT2D eigenvalue weighted by Gasteiger charge is 2.12. The lowest BCUT2D eigenvalue weighted by Gasteiger charge is -2.09. The normalized spacial score (nSPS) is 10.2. The van der Waals surface area contributed by atoms with Crippen LogP contribution in [0.25, 0.3) is 0 Å². The molecule has 0 radical (unpaired) electrons. The van der Waals surface area contributed by atoms with E-state index in [9.17, 15) is 9.18 Å². The smallest absolute Gasteiger partial charge is 0.230 e. The number of halogens is 1. The van der Waals surface area contributed by atoms with E-state index in [1.54, 1.807) is 24.3 Å². The molecule has 0 aliphatic heterocycles. The summed E-state index contributed by atoms with van der Waals surface area (Å²) in [6.07, 6.45) is 1.50. The van der Waals surface area contributed by atoms with Crippen molar-refractivity contribution in [2.75, 3.05) is 0 Å². The van der Waals surface area contributed by atoms with Crippen molar-refractivity contribution < 1.29 is 13.9 Å². The third kappa shape index (κ3) is 2.53. The monoisotopic (exact) mass is 245 g/mol. The quantitative estimate of drug-likeness (QED) is 0.776. The first-order valence-electron chi connectivity index (χ1n) is 5.48. The van der Waals surface area contributed by atoms with Gasteiger partial charge in [0.25, 0.3) is 0 Å². The lowest BCUT2D eigenvalue weighted by atomic mass is 10.2. The van der Waals surface area contributed by atoms with Crippen molar-refractivity contribution in [2.45, 2.75) is 13.8 Å². The second-order valence-corrected chi connectivity index (χ2v) is 3.95. The Morgan fingerprint density at radius 3 is 2.83 bits per heavy atom. The molecule has 4 heteroatoms. The van der Waals surface area contributed by atoms with Crippen molar-refractivity contribution in [3.63, 3.8) is 0 Å². The fraction of sp³-hybridized carbons (Fsp3) is 0.143. The highest BCUT2D eigenvalue weighted by molar-refractivity contribution is 5.96.